The van der Waals surface area contributed by atoms with Crippen LogP contribution in [0.2, 0.25) is 0 Å². The molecule has 0 radical (unpaired) electrons. The van der Waals surface area contributed by atoms with Crippen LogP contribution in [0.3, 0.4) is 0 Å². The summed E-state index contributed by atoms with van der Waals surface area (Å²) >= 11 is 0. The molecule has 1 heterocycles. The highest BCUT2D eigenvalue weighted by Gasteiger charge is 2.25. The quantitative estimate of drug-likeness (QED) is 0.599. The number of anilines is 1. The van der Waals surface area contributed by atoms with Crippen molar-refractivity contribution in [2.24, 2.45) is 0 Å². The average Bonchev–Trinajstić information content (AvgIpc) is 3.02. The molecule has 0 N–H and O–H groups in total. The highest BCUT2D eigenvalue weighted by Crippen LogP contribution is 2.29. The molecular weight excluding hydrogens is 258 g/mol. The first-order valence-corrected chi connectivity index (χ1v) is 6.15. The Labute approximate surface area is 116 Å². The van der Waals surface area contributed by atoms with Gasteiger partial charge in [0, 0.05) is 6.07 Å². The van der Waals surface area contributed by atoms with Crippen LogP contribution in [0.1, 0.15) is 18.0 Å². The van der Waals surface area contributed by atoms with Gasteiger partial charge >= 0.3 is 5.97 Å². The Hall–Kier alpha value is -2.56. The van der Waals surface area contributed by atoms with Crippen LogP contribution in [-0.2, 0) is 14.3 Å². The van der Waals surface area contributed by atoms with Gasteiger partial charge in [-0.1, -0.05) is 30.3 Å². The van der Waals surface area contributed by atoms with Crippen LogP contribution in [0.5, 0.6) is 0 Å². The maximum Gasteiger partial charge on any atom is 0.307 e. The largest absolute Gasteiger partial charge is 0.469 e. The molecule has 20 heavy (non-hydrogen) atoms. The van der Waals surface area contributed by atoms with E-state index in [-0.39, 0.29) is 6.42 Å². The second-order valence-electron chi connectivity index (χ2n) is 4.17. The average molecular weight is 273 g/mol. The van der Waals surface area contributed by atoms with Crippen molar-refractivity contribution < 1.29 is 18.7 Å². The zero-order valence-electron chi connectivity index (χ0n) is 11.1. The summed E-state index contributed by atoms with van der Waals surface area (Å²) in [5.74, 6) is -0.00462. The number of ether oxygens (including phenoxy) is 1. The van der Waals surface area contributed by atoms with Gasteiger partial charge in [-0.15, -0.1) is 0 Å². The second-order valence-corrected chi connectivity index (χ2v) is 4.17. The molecule has 0 aliphatic heterocycles. The molecule has 5 heteroatoms. The van der Waals surface area contributed by atoms with Gasteiger partial charge in [-0.25, -0.2) is 0 Å². The topological polar surface area (TPSA) is 59.8 Å². The molecule has 0 aliphatic carbocycles. The molecule has 1 aromatic carbocycles. The fourth-order valence-electron chi connectivity index (χ4n) is 1.99. The Morgan fingerprint density at radius 3 is 2.60 bits per heavy atom. The summed E-state index contributed by atoms with van der Waals surface area (Å²) in [5.41, 5.74) is 0.835. The fourth-order valence-corrected chi connectivity index (χ4v) is 1.99. The molecule has 5 nitrogen and oxygen atoms in total. The smallest absolute Gasteiger partial charge is 0.307 e. The van der Waals surface area contributed by atoms with E-state index in [2.05, 4.69) is 0 Å². The number of methoxy groups -OCH3 is 1. The molecule has 0 fully saturated rings. The lowest BCUT2D eigenvalue weighted by Crippen LogP contribution is -2.29. The SMILES string of the molecule is COC(=O)CC(c1ccccc1)N(C=O)c1ccco1. The molecule has 104 valence electrons. The lowest BCUT2D eigenvalue weighted by molar-refractivity contribution is -0.141. The third-order valence-corrected chi connectivity index (χ3v) is 2.98. The van der Waals surface area contributed by atoms with Crippen molar-refractivity contribution in [2.45, 2.75) is 12.5 Å². The van der Waals surface area contributed by atoms with Crippen molar-refractivity contribution in [3.8, 4) is 0 Å². The van der Waals surface area contributed by atoms with Crippen molar-refractivity contribution >= 4 is 18.3 Å². The Kier molecular flexibility index (Phi) is 4.55. The third kappa shape index (κ3) is 3.06. The third-order valence-electron chi connectivity index (χ3n) is 2.98. The van der Waals surface area contributed by atoms with Crippen molar-refractivity contribution in [1.82, 2.24) is 0 Å². The first-order valence-electron chi connectivity index (χ1n) is 6.15. The highest BCUT2D eigenvalue weighted by molar-refractivity contribution is 5.77. The van der Waals surface area contributed by atoms with E-state index in [1.54, 1.807) is 12.1 Å². The van der Waals surface area contributed by atoms with Crippen molar-refractivity contribution in [3.05, 3.63) is 54.3 Å². The normalized spacial score (nSPS) is 11.7. The Bertz CT molecular complexity index is 551. The van der Waals surface area contributed by atoms with E-state index in [1.165, 1.54) is 18.3 Å². The van der Waals surface area contributed by atoms with E-state index in [1.807, 2.05) is 30.3 Å². The van der Waals surface area contributed by atoms with Crippen LogP contribution in [-0.4, -0.2) is 19.5 Å². The zero-order valence-corrected chi connectivity index (χ0v) is 11.1. The van der Waals surface area contributed by atoms with E-state index in [9.17, 15) is 9.59 Å². The minimum Gasteiger partial charge on any atom is -0.469 e. The lowest BCUT2D eigenvalue weighted by atomic mass is 10.0. The predicted octanol–water partition coefficient (Wildman–Crippen LogP) is 2.55. The van der Waals surface area contributed by atoms with E-state index >= 15 is 0 Å². The van der Waals surface area contributed by atoms with E-state index in [0.29, 0.717) is 12.3 Å². The molecule has 0 saturated carbocycles. The predicted molar refractivity (Wildman–Crippen MR) is 73.1 cm³/mol. The monoisotopic (exact) mass is 273 g/mol. The van der Waals surface area contributed by atoms with Gasteiger partial charge < -0.3 is 9.15 Å². The number of benzene rings is 1. The molecule has 2 aromatic rings. The van der Waals surface area contributed by atoms with Gasteiger partial charge in [-0.2, -0.15) is 0 Å². The maximum atomic E-state index is 11.6. The summed E-state index contributed by atoms with van der Waals surface area (Å²) in [6.07, 6.45) is 2.19. The number of carbonyl (C=O) groups is 2. The standard InChI is InChI=1S/C15H15NO4/c1-19-15(18)10-13(12-6-3-2-4-7-12)16(11-17)14-8-5-9-20-14/h2-9,11,13H,10H2,1H3. The van der Waals surface area contributed by atoms with E-state index in [0.717, 1.165) is 5.56 Å². The molecule has 0 spiro atoms. The number of esters is 1. The molecule has 1 unspecified atom stereocenters. The number of amides is 1. The number of nitrogens with zero attached hydrogens (tertiary/aromatic N) is 1. The van der Waals surface area contributed by atoms with Gasteiger partial charge in [0.2, 0.25) is 12.3 Å². The van der Waals surface area contributed by atoms with Crippen molar-refractivity contribution in [3.63, 3.8) is 0 Å². The number of rotatable bonds is 6. The molecule has 0 saturated heterocycles. The van der Waals surface area contributed by atoms with Gasteiger partial charge in [0.15, 0.2) is 0 Å². The molecular formula is C15H15NO4. The van der Waals surface area contributed by atoms with Gasteiger partial charge in [0.25, 0.3) is 0 Å². The summed E-state index contributed by atoms with van der Waals surface area (Å²) in [6, 6.07) is 12.2. The molecule has 1 aromatic heterocycles. The second kappa shape index (κ2) is 6.56. The van der Waals surface area contributed by atoms with Crippen LogP contribution in [0.4, 0.5) is 5.88 Å². The summed E-state index contributed by atoms with van der Waals surface area (Å²) < 4.78 is 9.95. The summed E-state index contributed by atoms with van der Waals surface area (Å²) in [7, 11) is 1.32. The Morgan fingerprint density at radius 2 is 2.05 bits per heavy atom. The summed E-state index contributed by atoms with van der Waals surface area (Å²) in [6.45, 7) is 0. The number of hydrogen-bond acceptors (Lipinski definition) is 4. The van der Waals surface area contributed by atoms with Crippen molar-refractivity contribution in [2.75, 3.05) is 12.0 Å². The number of hydrogen-bond donors (Lipinski definition) is 0. The van der Waals surface area contributed by atoms with Crippen molar-refractivity contribution in [1.29, 1.82) is 0 Å². The van der Waals surface area contributed by atoms with Gasteiger partial charge in [-0.05, 0) is 11.6 Å². The molecule has 0 aliphatic rings. The van der Waals surface area contributed by atoms with E-state index < -0.39 is 12.0 Å². The highest BCUT2D eigenvalue weighted by atomic mass is 16.5. The maximum absolute atomic E-state index is 11.6. The zero-order chi connectivity index (χ0) is 14.4. The summed E-state index contributed by atoms with van der Waals surface area (Å²) in [4.78, 5) is 24.4. The fraction of sp³-hybridized carbons (Fsp3) is 0.200. The lowest BCUT2D eigenvalue weighted by Gasteiger charge is -2.25. The minimum absolute atomic E-state index is 0.0555. The molecule has 1 atom stereocenters. The first-order chi connectivity index (χ1) is 9.76. The van der Waals surface area contributed by atoms with Gasteiger partial charge in [0.1, 0.15) is 0 Å². The number of carbonyl (C=O) groups excluding carboxylic acids is 2. The van der Waals surface area contributed by atoms with Crippen LogP contribution in [0, 0.1) is 0 Å². The first kappa shape index (κ1) is 13.9. The molecule has 2 rings (SSSR count). The Morgan fingerprint density at radius 1 is 1.30 bits per heavy atom. The van der Waals surface area contributed by atoms with Crippen LogP contribution >= 0.6 is 0 Å². The van der Waals surface area contributed by atoms with Gasteiger partial charge in [0.05, 0.1) is 25.8 Å². The molecule has 0 bridgehead atoms. The summed E-state index contributed by atoms with van der Waals surface area (Å²) in [5, 5.41) is 0. The number of furan rings is 1. The minimum atomic E-state index is -0.465. The van der Waals surface area contributed by atoms with E-state index in [4.69, 9.17) is 9.15 Å². The van der Waals surface area contributed by atoms with Gasteiger partial charge in [-0.3, -0.25) is 14.5 Å². The Balaban J connectivity index is 2.34. The van der Waals surface area contributed by atoms with Crippen LogP contribution in [0.25, 0.3) is 0 Å². The van der Waals surface area contributed by atoms with Crippen LogP contribution in [0.15, 0.2) is 53.1 Å². The van der Waals surface area contributed by atoms with Crippen LogP contribution < -0.4 is 4.90 Å². The molecule has 1 amide bonds.